The first-order valence-electron chi connectivity index (χ1n) is 13.1. The molecule has 4 aromatic rings. The highest BCUT2D eigenvalue weighted by Crippen LogP contribution is 2.25. The van der Waals surface area contributed by atoms with E-state index in [1.165, 1.54) is 35.2 Å². The van der Waals surface area contributed by atoms with Crippen LogP contribution in [0.15, 0.2) is 61.1 Å². The van der Waals surface area contributed by atoms with E-state index in [1.807, 2.05) is 19.9 Å². The highest BCUT2D eigenvalue weighted by molar-refractivity contribution is 6.04. The predicted molar refractivity (Wildman–Crippen MR) is 151 cm³/mol. The van der Waals surface area contributed by atoms with Gasteiger partial charge >= 0.3 is 12.1 Å². The number of carbonyl (C=O) groups is 4. The van der Waals surface area contributed by atoms with Crippen LogP contribution in [0.1, 0.15) is 45.7 Å². The van der Waals surface area contributed by atoms with Crippen molar-refractivity contribution < 1.29 is 33.8 Å². The summed E-state index contributed by atoms with van der Waals surface area (Å²) in [4.78, 5) is 55.4. The first-order valence-corrected chi connectivity index (χ1v) is 13.1. The lowest BCUT2D eigenvalue weighted by Gasteiger charge is -2.17. The number of aryl methyl sites for hydroxylation is 1. The molecule has 0 radical (unpaired) electrons. The minimum Gasteiger partial charge on any atom is -0.508 e. The largest absolute Gasteiger partial charge is 0.508 e. The lowest BCUT2D eigenvalue weighted by atomic mass is 10.1. The number of hydrogen-bond donors (Lipinski definition) is 3. The molecule has 0 saturated carbocycles. The Labute approximate surface area is 241 Å². The van der Waals surface area contributed by atoms with E-state index in [-0.39, 0.29) is 30.2 Å². The first kappa shape index (κ1) is 29.5. The fourth-order valence-electron chi connectivity index (χ4n) is 4.00. The second-order valence-electron chi connectivity index (χ2n) is 9.12. The molecule has 13 nitrogen and oxygen atoms in total. The number of aromatic hydroxyl groups is 1. The van der Waals surface area contributed by atoms with Gasteiger partial charge in [0, 0.05) is 30.5 Å². The van der Waals surface area contributed by atoms with Crippen molar-refractivity contribution in [3.8, 4) is 5.75 Å². The molecular formula is C29H30N6O7. The minimum absolute atomic E-state index is 0.00604. The van der Waals surface area contributed by atoms with E-state index >= 15 is 0 Å². The number of ether oxygens (including phenoxy) is 2. The normalized spacial score (nSPS) is 10.6. The summed E-state index contributed by atoms with van der Waals surface area (Å²) < 4.78 is 11.4. The van der Waals surface area contributed by atoms with Crippen LogP contribution in [-0.2, 0) is 20.7 Å². The molecule has 4 rings (SSSR count). The summed E-state index contributed by atoms with van der Waals surface area (Å²) in [6.45, 7) is 5.13. The van der Waals surface area contributed by atoms with Gasteiger partial charge in [-0.25, -0.2) is 19.2 Å². The van der Waals surface area contributed by atoms with E-state index in [2.05, 4.69) is 20.7 Å². The second-order valence-corrected chi connectivity index (χ2v) is 9.12. The fraction of sp³-hybridized carbons (Fsp3) is 0.241. The quantitative estimate of drug-likeness (QED) is 0.188. The van der Waals surface area contributed by atoms with Gasteiger partial charge < -0.3 is 25.2 Å². The Balaban J connectivity index is 1.43. The monoisotopic (exact) mass is 574 g/mol. The van der Waals surface area contributed by atoms with Crippen LogP contribution in [0.4, 0.5) is 16.3 Å². The van der Waals surface area contributed by atoms with Gasteiger partial charge in [0.05, 0.1) is 12.0 Å². The molecule has 3 N–H and O–H groups in total. The first-order chi connectivity index (χ1) is 20.2. The summed E-state index contributed by atoms with van der Waals surface area (Å²) in [5, 5.41) is 19.5. The van der Waals surface area contributed by atoms with Gasteiger partial charge in [-0.3, -0.25) is 14.4 Å². The third-order valence-electron chi connectivity index (χ3n) is 6.21. The number of carbonyl (C=O) groups excluding carboxylic acids is 4. The number of rotatable bonds is 10. The molecule has 0 aliphatic heterocycles. The van der Waals surface area contributed by atoms with E-state index in [0.29, 0.717) is 34.7 Å². The molecule has 13 heteroatoms. The predicted octanol–water partition coefficient (Wildman–Crippen LogP) is 3.58. The van der Waals surface area contributed by atoms with Crippen LogP contribution in [0.3, 0.4) is 0 Å². The molecule has 0 bridgehead atoms. The number of esters is 1. The summed E-state index contributed by atoms with van der Waals surface area (Å²) in [5.41, 5.74) is 3.20. The van der Waals surface area contributed by atoms with Gasteiger partial charge in [0.1, 0.15) is 17.6 Å². The Hall–Kier alpha value is -5.46. The zero-order valence-electron chi connectivity index (χ0n) is 23.3. The highest BCUT2D eigenvalue weighted by Gasteiger charge is 2.25. The van der Waals surface area contributed by atoms with Gasteiger partial charge in [-0.15, -0.1) is 0 Å². The number of phenols is 1. The Morgan fingerprint density at radius 1 is 1.00 bits per heavy atom. The molecule has 2 aromatic carbocycles. The number of phenolic OH excluding ortho intramolecular Hbond substituents is 1. The number of nitrogens with zero attached hydrogens (tertiary/aromatic N) is 4. The number of hydrogen-bond acceptors (Lipinski definition) is 10. The molecule has 0 unspecified atom stereocenters. The van der Waals surface area contributed by atoms with Crippen LogP contribution in [-0.4, -0.2) is 68.4 Å². The molecule has 218 valence electrons. The maximum absolute atomic E-state index is 13.2. The van der Waals surface area contributed by atoms with Crippen molar-refractivity contribution in [3.63, 3.8) is 0 Å². The maximum Gasteiger partial charge on any atom is 0.419 e. The number of amides is 3. The molecule has 2 heterocycles. The zero-order chi connectivity index (χ0) is 30.2. The molecule has 0 fully saturated rings. The van der Waals surface area contributed by atoms with Crippen LogP contribution in [0.25, 0.3) is 5.52 Å². The molecule has 0 atom stereocenters. The summed E-state index contributed by atoms with van der Waals surface area (Å²) in [5.74, 6) is -1.05. The summed E-state index contributed by atoms with van der Waals surface area (Å²) in [6, 6.07) is 12.8. The number of fused-ring (bicyclic) bond motifs is 1. The van der Waals surface area contributed by atoms with Crippen LogP contribution in [0.5, 0.6) is 5.75 Å². The summed E-state index contributed by atoms with van der Waals surface area (Å²) in [7, 11) is 0. The molecule has 0 aliphatic rings. The Bertz CT molecular complexity index is 1620. The number of nitrogens with one attached hydrogen (secondary N) is 2. The summed E-state index contributed by atoms with van der Waals surface area (Å²) in [6.07, 6.45) is 1.69. The van der Waals surface area contributed by atoms with Crippen LogP contribution < -0.4 is 10.6 Å². The SMILES string of the molecule is CCNC(=O)c1ccc(C)c(Nc2ncnn3cc(C(=O)N(CC)C(=O)OCOC(=O)Cc4ccc(O)cc4)cc23)c1. The minimum atomic E-state index is -0.989. The molecular weight excluding hydrogens is 544 g/mol. The van der Waals surface area contributed by atoms with Crippen molar-refractivity contribution in [2.75, 3.05) is 25.2 Å². The summed E-state index contributed by atoms with van der Waals surface area (Å²) >= 11 is 0. The van der Waals surface area contributed by atoms with Gasteiger partial charge in [0.25, 0.3) is 11.8 Å². The van der Waals surface area contributed by atoms with Crippen molar-refractivity contribution in [1.29, 1.82) is 0 Å². The van der Waals surface area contributed by atoms with E-state index in [1.54, 1.807) is 31.2 Å². The molecule has 42 heavy (non-hydrogen) atoms. The lowest BCUT2D eigenvalue weighted by molar-refractivity contribution is -0.151. The Morgan fingerprint density at radius 2 is 1.76 bits per heavy atom. The fourth-order valence-corrected chi connectivity index (χ4v) is 4.00. The lowest BCUT2D eigenvalue weighted by Crippen LogP contribution is -2.37. The van der Waals surface area contributed by atoms with Crippen molar-refractivity contribution in [1.82, 2.24) is 24.8 Å². The van der Waals surface area contributed by atoms with Crippen LogP contribution in [0, 0.1) is 6.92 Å². The van der Waals surface area contributed by atoms with E-state index < -0.39 is 24.8 Å². The number of imide groups is 1. The zero-order valence-corrected chi connectivity index (χ0v) is 23.3. The van der Waals surface area contributed by atoms with Crippen molar-refractivity contribution >= 4 is 40.9 Å². The van der Waals surface area contributed by atoms with E-state index in [4.69, 9.17) is 9.47 Å². The van der Waals surface area contributed by atoms with Crippen molar-refractivity contribution in [3.05, 3.63) is 83.3 Å². The van der Waals surface area contributed by atoms with Gasteiger partial charge in [-0.05, 0) is 62.2 Å². The van der Waals surface area contributed by atoms with Gasteiger partial charge in [-0.1, -0.05) is 18.2 Å². The number of anilines is 2. The molecule has 0 spiro atoms. The van der Waals surface area contributed by atoms with Gasteiger partial charge in [0.15, 0.2) is 5.82 Å². The molecule has 0 aliphatic carbocycles. The average molecular weight is 575 g/mol. The average Bonchev–Trinajstić information content (AvgIpc) is 3.41. The van der Waals surface area contributed by atoms with E-state index in [9.17, 15) is 24.3 Å². The van der Waals surface area contributed by atoms with Crippen molar-refractivity contribution in [2.45, 2.75) is 27.2 Å². The Morgan fingerprint density at radius 3 is 2.48 bits per heavy atom. The number of benzene rings is 2. The molecule has 2 aromatic heterocycles. The van der Waals surface area contributed by atoms with Gasteiger partial charge in [0.2, 0.25) is 6.79 Å². The third-order valence-corrected chi connectivity index (χ3v) is 6.21. The third kappa shape index (κ3) is 6.99. The second kappa shape index (κ2) is 13.3. The Kier molecular flexibility index (Phi) is 9.32. The topological polar surface area (TPSA) is 164 Å². The van der Waals surface area contributed by atoms with Crippen molar-refractivity contribution in [2.24, 2.45) is 0 Å². The van der Waals surface area contributed by atoms with E-state index in [0.717, 1.165) is 10.5 Å². The smallest absolute Gasteiger partial charge is 0.419 e. The standard InChI is InChI=1S/C29H30N6O7/c1-4-30-27(38)20-9-6-18(3)23(13-20)33-26-24-14-21(15-35(24)32-16-31-26)28(39)34(5-2)29(40)42-17-41-25(37)12-19-7-10-22(36)11-8-19/h6-11,13-16,36H,4-5,12,17H2,1-3H3,(H,30,38)(H,31,32,33). The van der Waals surface area contributed by atoms with Crippen LogP contribution in [0.2, 0.25) is 0 Å². The molecule has 0 saturated heterocycles. The molecule has 3 amide bonds. The highest BCUT2D eigenvalue weighted by atomic mass is 16.7. The van der Waals surface area contributed by atoms with Crippen LogP contribution >= 0.6 is 0 Å². The number of aromatic nitrogens is 3. The van der Waals surface area contributed by atoms with Gasteiger partial charge in [-0.2, -0.15) is 5.10 Å². The maximum atomic E-state index is 13.2.